The molecule has 6 nitrogen and oxygen atoms in total. The van der Waals surface area contributed by atoms with Crippen LogP contribution in [-0.4, -0.2) is 55.2 Å². The van der Waals surface area contributed by atoms with Crippen molar-refractivity contribution >= 4 is 35.0 Å². The summed E-state index contributed by atoms with van der Waals surface area (Å²) in [6.07, 6.45) is 0.939. The third kappa shape index (κ3) is 7.37. The van der Waals surface area contributed by atoms with Crippen molar-refractivity contribution in [3.63, 3.8) is 0 Å². The van der Waals surface area contributed by atoms with Gasteiger partial charge in [0.1, 0.15) is 0 Å². The fourth-order valence-electron chi connectivity index (χ4n) is 4.60. The molecule has 0 unspecified atom stereocenters. The minimum atomic E-state index is -0.115. The molecule has 4 rings (SSSR count). The Morgan fingerprint density at radius 2 is 1.68 bits per heavy atom. The van der Waals surface area contributed by atoms with E-state index in [2.05, 4.69) is 58.5 Å². The lowest BCUT2D eigenvalue weighted by molar-refractivity contribution is -0.113. The van der Waals surface area contributed by atoms with Crippen LogP contribution in [0.1, 0.15) is 35.3 Å². The van der Waals surface area contributed by atoms with Crippen LogP contribution in [0.25, 0.3) is 0 Å². The molecule has 0 fully saturated rings. The zero-order valence-corrected chi connectivity index (χ0v) is 22.5. The summed E-state index contributed by atoms with van der Waals surface area (Å²) in [4.78, 5) is 31.6. The smallest absolute Gasteiger partial charge is 0.253 e. The van der Waals surface area contributed by atoms with Crippen molar-refractivity contribution in [3.05, 3.63) is 89.5 Å². The molecule has 1 aliphatic heterocycles. The van der Waals surface area contributed by atoms with E-state index in [0.29, 0.717) is 23.5 Å². The standard InChI is InChI=1S/C30H36N4O2S/c1-3-33(4-2)19-17-31-30(36)27-20-25(32-29(35)22-37-26-12-6-5-7-13-26)14-15-28(27)34-18-16-23-10-8-9-11-24(23)21-34/h5-15,20H,3-4,16-19,21-22H2,1-2H3,(H,31,36)(H,32,35). The van der Waals surface area contributed by atoms with Crippen molar-refractivity contribution < 1.29 is 9.59 Å². The van der Waals surface area contributed by atoms with Crippen molar-refractivity contribution in [3.8, 4) is 0 Å². The Morgan fingerprint density at radius 1 is 0.946 bits per heavy atom. The molecule has 0 bridgehead atoms. The molecule has 37 heavy (non-hydrogen) atoms. The van der Waals surface area contributed by atoms with E-state index in [1.165, 1.54) is 22.9 Å². The first-order valence-corrected chi connectivity index (χ1v) is 14.0. The van der Waals surface area contributed by atoms with Crippen molar-refractivity contribution in [2.75, 3.05) is 48.7 Å². The van der Waals surface area contributed by atoms with Crippen LogP contribution in [0.2, 0.25) is 0 Å². The number of anilines is 2. The number of carbonyl (C=O) groups excluding carboxylic acids is 2. The quantitative estimate of drug-likeness (QED) is 0.349. The molecule has 194 valence electrons. The monoisotopic (exact) mass is 516 g/mol. The molecule has 2 N–H and O–H groups in total. The van der Waals surface area contributed by atoms with Crippen LogP contribution in [0.3, 0.4) is 0 Å². The predicted molar refractivity (Wildman–Crippen MR) is 154 cm³/mol. The van der Waals surface area contributed by atoms with Gasteiger partial charge in [-0.2, -0.15) is 0 Å². The molecule has 0 aromatic heterocycles. The molecule has 1 heterocycles. The van der Waals surface area contributed by atoms with Gasteiger partial charge in [0, 0.05) is 42.4 Å². The second-order valence-corrected chi connectivity index (χ2v) is 10.2. The largest absolute Gasteiger partial charge is 0.366 e. The average molecular weight is 517 g/mol. The Labute approximate surface area is 224 Å². The third-order valence-corrected chi connectivity index (χ3v) is 7.73. The van der Waals surface area contributed by atoms with Gasteiger partial charge in [0.05, 0.1) is 11.3 Å². The predicted octanol–water partition coefficient (Wildman–Crippen LogP) is 5.05. The van der Waals surface area contributed by atoms with Gasteiger partial charge in [0.25, 0.3) is 5.91 Å². The number of nitrogens with one attached hydrogen (secondary N) is 2. The lowest BCUT2D eigenvalue weighted by Crippen LogP contribution is -2.36. The Hall–Kier alpha value is -3.29. The number of amides is 2. The number of hydrogen-bond donors (Lipinski definition) is 2. The summed E-state index contributed by atoms with van der Waals surface area (Å²) in [6, 6.07) is 24.0. The van der Waals surface area contributed by atoms with E-state index < -0.39 is 0 Å². The van der Waals surface area contributed by atoms with E-state index in [1.807, 2.05) is 48.5 Å². The number of hydrogen-bond acceptors (Lipinski definition) is 5. The highest BCUT2D eigenvalue weighted by Gasteiger charge is 2.22. The van der Waals surface area contributed by atoms with Crippen molar-refractivity contribution in [2.45, 2.75) is 31.7 Å². The third-order valence-electron chi connectivity index (χ3n) is 6.72. The second-order valence-electron chi connectivity index (χ2n) is 9.10. The van der Waals surface area contributed by atoms with Gasteiger partial charge in [-0.15, -0.1) is 11.8 Å². The number of fused-ring (bicyclic) bond motifs is 1. The highest BCUT2D eigenvalue weighted by Crippen LogP contribution is 2.30. The lowest BCUT2D eigenvalue weighted by atomic mass is 9.98. The van der Waals surface area contributed by atoms with Gasteiger partial charge in [0.15, 0.2) is 0 Å². The maximum Gasteiger partial charge on any atom is 0.253 e. The summed E-state index contributed by atoms with van der Waals surface area (Å²) in [5.74, 6) is 0.0947. The maximum atomic E-state index is 13.4. The maximum absolute atomic E-state index is 13.4. The zero-order chi connectivity index (χ0) is 26.0. The Morgan fingerprint density at radius 3 is 2.43 bits per heavy atom. The van der Waals surface area contributed by atoms with E-state index in [4.69, 9.17) is 0 Å². The number of rotatable bonds is 11. The molecule has 3 aromatic rings. The lowest BCUT2D eigenvalue weighted by Gasteiger charge is -2.32. The van der Waals surface area contributed by atoms with Gasteiger partial charge in [-0.1, -0.05) is 56.3 Å². The number of likely N-dealkylation sites (N-methyl/N-ethyl adjacent to an activating group) is 1. The summed E-state index contributed by atoms with van der Waals surface area (Å²) in [6.45, 7) is 9.14. The molecular formula is C30H36N4O2S. The average Bonchev–Trinajstić information content (AvgIpc) is 2.94. The molecular weight excluding hydrogens is 480 g/mol. The molecule has 0 radical (unpaired) electrons. The van der Waals surface area contributed by atoms with Crippen LogP contribution in [-0.2, 0) is 17.8 Å². The van der Waals surface area contributed by atoms with Gasteiger partial charge in [-0.05, 0) is 61.0 Å². The van der Waals surface area contributed by atoms with E-state index in [0.717, 1.165) is 49.7 Å². The van der Waals surface area contributed by atoms with E-state index in [-0.39, 0.29) is 11.8 Å². The van der Waals surface area contributed by atoms with Crippen molar-refractivity contribution in [1.29, 1.82) is 0 Å². The first-order chi connectivity index (χ1) is 18.1. The fourth-order valence-corrected chi connectivity index (χ4v) is 5.32. The van der Waals surface area contributed by atoms with Crippen molar-refractivity contribution in [1.82, 2.24) is 10.2 Å². The van der Waals surface area contributed by atoms with Gasteiger partial charge in [0.2, 0.25) is 5.91 Å². The SMILES string of the molecule is CCN(CC)CCNC(=O)c1cc(NC(=O)CSc2ccccc2)ccc1N1CCc2ccccc2C1. The zero-order valence-electron chi connectivity index (χ0n) is 21.7. The van der Waals surface area contributed by atoms with Gasteiger partial charge in [-0.3, -0.25) is 9.59 Å². The molecule has 0 spiro atoms. The highest BCUT2D eigenvalue weighted by molar-refractivity contribution is 8.00. The molecule has 7 heteroatoms. The first-order valence-electron chi connectivity index (χ1n) is 13.0. The van der Waals surface area contributed by atoms with Crippen LogP contribution >= 0.6 is 11.8 Å². The minimum Gasteiger partial charge on any atom is -0.366 e. The van der Waals surface area contributed by atoms with Crippen LogP contribution in [0.15, 0.2) is 77.7 Å². The van der Waals surface area contributed by atoms with E-state index in [1.54, 1.807) is 0 Å². The van der Waals surface area contributed by atoms with E-state index in [9.17, 15) is 9.59 Å². The Kier molecular flexibility index (Phi) is 9.63. The molecule has 0 saturated heterocycles. The fraction of sp³-hybridized carbons (Fsp3) is 0.333. The topological polar surface area (TPSA) is 64.7 Å². The normalized spacial score (nSPS) is 12.8. The second kappa shape index (κ2) is 13.3. The number of benzene rings is 3. The number of nitrogens with zero attached hydrogens (tertiary/aromatic N) is 2. The molecule has 0 aliphatic carbocycles. The van der Waals surface area contributed by atoms with Crippen LogP contribution in [0.4, 0.5) is 11.4 Å². The van der Waals surface area contributed by atoms with Gasteiger partial charge < -0.3 is 20.4 Å². The Balaban J connectivity index is 1.50. The molecule has 1 aliphatic rings. The summed E-state index contributed by atoms with van der Waals surface area (Å²) in [5.41, 5.74) is 4.77. The summed E-state index contributed by atoms with van der Waals surface area (Å²) in [7, 11) is 0. The number of carbonyl (C=O) groups is 2. The van der Waals surface area contributed by atoms with Crippen LogP contribution in [0, 0.1) is 0 Å². The Bertz CT molecular complexity index is 1200. The van der Waals surface area contributed by atoms with Crippen molar-refractivity contribution in [2.24, 2.45) is 0 Å². The van der Waals surface area contributed by atoms with Gasteiger partial charge in [-0.25, -0.2) is 0 Å². The molecule has 3 aromatic carbocycles. The molecule has 2 amide bonds. The minimum absolute atomic E-state index is 0.0959. The van der Waals surface area contributed by atoms with Crippen LogP contribution in [0.5, 0.6) is 0 Å². The van der Waals surface area contributed by atoms with Gasteiger partial charge >= 0.3 is 0 Å². The summed E-state index contributed by atoms with van der Waals surface area (Å²) >= 11 is 1.49. The summed E-state index contributed by atoms with van der Waals surface area (Å²) in [5, 5.41) is 6.08. The summed E-state index contributed by atoms with van der Waals surface area (Å²) < 4.78 is 0. The molecule has 0 atom stereocenters. The van der Waals surface area contributed by atoms with E-state index >= 15 is 0 Å². The highest BCUT2D eigenvalue weighted by atomic mass is 32.2. The first kappa shape index (κ1) is 26.8. The van der Waals surface area contributed by atoms with Crippen LogP contribution < -0.4 is 15.5 Å². The molecule has 0 saturated carbocycles. The number of thioether (sulfide) groups is 1.